The molecule has 0 fully saturated rings. The SMILES string of the molecule is CC(C)CNS(=O)(=O)c1cc(C(=O)CCC(=O)O)ccc1Cl. The van der Waals surface area contributed by atoms with Crippen molar-refractivity contribution in [3.05, 3.63) is 28.8 Å². The highest BCUT2D eigenvalue weighted by Gasteiger charge is 2.20. The van der Waals surface area contributed by atoms with E-state index in [4.69, 9.17) is 16.7 Å². The van der Waals surface area contributed by atoms with Crippen LogP contribution in [0.4, 0.5) is 0 Å². The van der Waals surface area contributed by atoms with E-state index in [0.717, 1.165) is 0 Å². The molecule has 122 valence electrons. The monoisotopic (exact) mass is 347 g/mol. The van der Waals surface area contributed by atoms with Gasteiger partial charge in [0.05, 0.1) is 11.4 Å². The lowest BCUT2D eigenvalue weighted by Gasteiger charge is -2.11. The Kier molecular flexibility index (Phi) is 6.52. The number of carbonyl (C=O) groups is 2. The van der Waals surface area contributed by atoms with E-state index in [1.54, 1.807) is 0 Å². The maximum absolute atomic E-state index is 12.2. The topological polar surface area (TPSA) is 101 Å². The van der Waals surface area contributed by atoms with E-state index in [0.29, 0.717) is 0 Å². The van der Waals surface area contributed by atoms with Crippen molar-refractivity contribution in [2.24, 2.45) is 5.92 Å². The van der Waals surface area contributed by atoms with Gasteiger partial charge in [0.15, 0.2) is 5.78 Å². The summed E-state index contributed by atoms with van der Waals surface area (Å²) in [6.07, 6.45) is -0.509. The van der Waals surface area contributed by atoms with Gasteiger partial charge in [-0.1, -0.05) is 25.4 Å². The van der Waals surface area contributed by atoms with Gasteiger partial charge in [0.25, 0.3) is 0 Å². The lowest BCUT2D eigenvalue weighted by Crippen LogP contribution is -2.28. The highest BCUT2D eigenvalue weighted by Crippen LogP contribution is 2.23. The van der Waals surface area contributed by atoms with Crippen molar-refractivity contribution >= 4 is 33.4 Å². The largest absolute Gasteiger partial charge is 0.481 e. The van der Waals surface area contributed by atoms with Crippen LogP contribution in [0.5, 0.6) is 0 Å². The molecule has 0 heterocycles. The number of ketones is 1. The number of hydrogen-bond acceptors (Lipinski definition) is 4. The molecular weight excluding hydrogens is 330 g/mol. The van der Waals surface area contributed by atoms with Gasteiger partial charge in [-0.15, -0.1) is 0 Å². The van der Waals surface area contributed by atoms with Crippen molar-refractivity contribution < 1.29 is 23.1 Å². The number of nitrogens with one attached hydrogen (secondary N) is 1. The number of hydrogen-bond donors (Lipinski definition) is 2. The van der Waals surface area contributed by atoms with Crippen molar-refractivity contribution in [2.45, 2.75) is 31.6 Å². The fourth-order valence-electron chi connectivity index (χ4n) is 1.60. The zero-order valence-electron chi connectivity index (χ0n) is 12.3. The minimum absolute atomic E-state index is 0.00559. The number of Topliss-reactive ketones (excluding diaryl/α,β-unsaturated/α-hetero) is 1. The second-order valence-corrected chi connectivity index (χ2v) is 7.35. The average molecular weight is 348 g/mol. The Morgan fingerprint density at radius 2 is 1.91 bits per heavy atom. The molecule has 0 spiro atoms. The molecule has 2 N–H and O–H groups in total. The quantitative estimate of drug-likeness (QED) is 0.703. The maximum Gasteiger partial charge on any atom is 0.303 e. The maximum atomic E-state index is 12.2. The van der Waals surface area contributed by atoms with Crippen molar-refractivity contribution in [3.8, 4) is 0 Å². The van der Waals surface area contributed by atoms with E-state index >= 15 is 0 Å². The predicted molar refractivity (Wildman–Crippen MR) is 82.7 cm³/mol. The van der Waals surface area contributed by atoms with Gasteiger partial charge in [0.2, 0.25) is 10.0 Å². The Morgan fingerprint density at radius 3 is 2.45 bits per heavy atom. The van der Waals surface area contributed by atoms with E-state index in [1.165, 1.54) is 18.2 Å². The molecule has 0 saturated carbocycles. The third-order valence-electron chi connectivity index (χ3n) is 2.79. The number of aliphatic carboxylic acids is 1. The van der Waals surface area contributed by atoms with Gasteiger partial charge >= 0.3 is 5.97 Å². The Morgan fingerprint density at radius 1 is 1.27 bits per heavy atom. The van der Waals surface area contributed by atoms with Crippen LogP contribution >= 0.6 is 11.6 Å². The fourth-order valence-corrected chi connectivity index (χ4v) is 3.34. The standard InChI is InChI=1S/C14H18ClNO5S/c1-9(2)8-16-22(20,21)13-7-10(3-4-11(13)15)12(17)5-6-14(18)19/h3-4,7,9,16H,5-6,8H2,1-2H3,(H,18,19). The van der Waals surface area contributed by atoms with E-state index in [2.05, 4.69) is 4.72 Å². The molecule has 0 aliphatic rings. The summed E-state index contributed by atoms with van der Waals surface area (Å²) < 4.78 is 26.8. The molecule has 1 rings (SSSR count). The molecule has 0 amide bonds. The Bertz CT molecular complexity index is 670. The molecule has 0 aliphatic heterocycles. The van der Waals surface area contributed by atoms with E-state index in [-0.39, 0.29) is 40.8 Å². The Hall–Kier alpha value is -1.44. The first-order chi connectivity index (χ1) is 10.1. The number of sulfonamides is 1. The summed E-state index contributed by atoms with van der Waals surface area (Å²) >= 11 is 5.90. The highest BCUT2D eigenvalue weighted by atomic mass is 35.5. The van der Waals surface area contributed by atoms with Crippen molar-refractivity contribution in [2.75, 3.05) is 6.54 Å². The highest BCUT2D eigenvalue weighted by molar-refractivity contribution is 7.89. The predicted octanol–water partition coefficient (Wildman–Crippen LogP) is 2.32. The van der Waals surface area contributed by atoms with Crippen LogP contribution in [-0.2, 0) is 14.8 Å². The molecule has 0 aromatic heterocycles. The molecule has 0 saturated heterocycles. The molecule has 0 aliphatic carbocycles. The smallest absolute Gasteiger partial charge is 0.303 e. The number of carboxylic acid groups (broad SMARTS) is 1. The fraction of sp³-hybridized carbons (Fsp3) is 0.429. The Balaban J connectivity index is 3.04. The number of carbonyl (C=O) groups excluding carboxylic acids is 1. The lowest BCUT2D eigenvalue weighted by atomic mass is 10.1. The van der Waals surface area contributed by atoms with Gasteiger partial charge in [0.1, 0.15) is 4.90 Å². The first-order valence-corrected chi connectivity index (χ1v) is 8.54. The summed E-state index contributed by atoms with van der Waals surface area (Å²) in [5.74, 6) is -1.41. The molecule has 6 nitrogen and oxygen atoms in total. The number of rotatable bonds is 8. The summed E-state index contributed by atoms with van der Waals surface area (Å²) in [5, 5.41) is 8.59. The minimum Gasteiger partial charge on any atom is -0.481 e. The summed E-state index contributed by atoms with van der Waals surface area (Å²) in [7, 11) is -3.82. The lowest BCUT2D eigenvalue weighted by molar-refractivity contribution is -0.136. The van der Waals surface area contributed by atoms with Crippen LogP contribution in [-0.4, -0.2) is 31.8 Å². The zero-order chi connectivity index (χ0) is 16.9. The van der Waals surface area contributed by atoms with E-state index < -0.39 is 21.8 Å². The third kappa shape index (κ3) is 5.40. The summed E-state index contributed by atoms with van der Waals surface area (Å²) in [4.78, 5) is 22.2. The van der Waals surface area contributed by atoms with Crippen molar-refractivity contribution in [1.29, 1.82) is 0 Å². The van der Waals surface area contributed by atoms with Gasteiger partial charge in [-0.05, 0) is 24.1 Å². The first-order valence-electron chi connectivity index (χ1n) is 6.67. The van der Waals surface area contributed by atoms with Crippen LogP contribution in [0.15, 0.2) is 23.1 Å². The molecule has 1 aromatic carbocycles. The van der Waals surface area contributed by atoms with Gasteiger partial charge < -0.3 is 5.11 Å². The zero-order valence-corrected chi connectivity index (χ0v) is 13.9. The van der Waals surface area contributed by atoms with Gasteiger partial charge in [-0.25, -0.2) is 13.1 Å². The van der Waals surface area contributed by atoms with E-state index in [1.807, 2.05) is 13.8 Å². The van der Waals surface area contributed by atoms with E-state index in [9.17, 15) is 18.0 Å². The number of halogens is 1. The van der Waals surface area contributed by atoms with Crippen LogP contribution in [0.3, 0.4) is 0 Å². The normalized spacial score (nSPS) is 11.6. The number of carboxylic acids is 1. The van der Waals surface area contributed by atoms with Crippen LogP contribution in [0.25, 0.3) is 0 Å². The molecule has 22 heavy (non-hydrogen) atoms. The van der Waals surface area contributed by atoms with Crippen LogP contribution < -0.4 is 4.72 Å². The van der Waals surface area contributed by atoms with Gasteiger partial charge in [0, 0.05) is 18.5 Å². The molecule has 1 aromatic rings. The van der Waals surface area contributed by atoms with Gasteiger partial charge in [-0.3, -0.25) is 9.59 Å². The van der Waals surface area contributed by atoms with Crippen molar-refractivity contribution in [3.63, 3.8) is 0 Å². The molecule has 0 radical (unpaired) electrons. The molecule has 0 atom stereocenters. The second kappa shape index (κ2) is 7.71. The van der Waals surface area contributed by atoms with Crippen LogP contribution in [0.1, 0.15) is 37.0 Å². The van der Waals surface area contributed by atoms with Crippen LogP contribution in [0.2, 0.25) is 5.02 Å². The summed E-state index contributed by atoms with van der Waals surface area (Å²) in [6, 6.07) is 3.88. The average Bonchev–Trinajstić information content (AvgIpc) is 2.43. The second-order valence-electron chi connectivity index (χ2n) is 5.21. The van der Waals surface area contributed by atoms with Crippen molar-refractivity contribution in [1.82, 2.24) is 4.72 Å². The summed E-state index contributed by atoms with van der Waals surface area (Å²) in [6.45, 7) is 3.96. The van der Waals surface area contributed by atoms with Crippen LogP contribution in [0, 0.1) is 5.92 Å². The minimum atomic E-state index is -3.82. The third-order valence-corrected chi connectivity index (χ3v) is 4.70. The summed E-state index contributed by atoms with van der Waals surface area (Å²) in [5.41, 5.74) is 0.121. The molecule has 0 unspecified atom stereocenters. The number of benzene rings is 1. The Labute approximate surface area is 134 Å². The molecule has 8 heteroatoms. The van der Waals surface area contributed by atoms with Gasteiger partial charge in [-0.2, -0.15) is 0 Å². The molecule has 0 bridgehead atoms. The molecular formula is C14H18ClNO5S. The first kappa shape index (κ1) is 18.6.